The summed E-state index contributed by atoms with van der Waals surface area (Å²) >= 11 is 0. The molecule has 0 unspecified atom stereocenters. The standard InChI is InChI=1S/C22H26N4O3S/c1-13-17(21-23-12-22(2,3)29-21)11-20(24-13)30(27,28)26-14-8-9-16-15-6-4-5-7-18(15)25-19(16)10-14/h4-7,11,14,24-26H,8-10,12H2,1-3H3/t14-/m1/s1. The van der Waals surface area contributed by atoms with Gasteiger partial charge in [0, 0.05) is 34.8 Å². The van der Waals surface area contributed by atoms with Crippen LogP contribution in [-0.4, -0.2) is 42.5 Å². The number of benzene rings is 1. The lowest BCUT2D eigenvalue weighted by atomic mass is 9.92. The van der Waals surface area contributed by atoms with Crippen LogP contribution in [0.4, 0.5) is 0 Å². The van der Waals surface area contributed by atoms with Crippen molar-refractivity contribution >= 4 is 26.8 Å². The van der Waals surface area contributed by atoms with Crippen LogP contribution in [0.2, 0.25) is 0 Å². The molecule has 1 aromatic carbocycles. The van der Waals surface area contributed by atoms with E-state index in [9.17, 15) is 8.42 Å². The van der Waals surface area contributed by atoms with Crippen LogP contribution in [0.1, 0.15) is 42.8 Å². The number of aliphatic imine (C=N–C) groups is 1. The highest BCUT2D eigenvalue weighted by Crippen LogP contribution is 2.30. The predicted molar refractivity (Wildman–Crippen MR) is 117 cm³/mol. The van der Waals surface area contributed by atoms with Crippen LogP contribution in [0.25, 0.3) is 10.9 Å². The summed E-state index contributed by atoms with van der Waals surface area (Å²) in [5.41, 5.74) is 4.59. The third kappa shape index (κ3) is 3.33. The first-order valence-corrected chi connectivity index (χ1v) is 11.7. The van der Waals surface area contributed by atoms with Crippen molar-refractivity contribution in [1.29, 1.82) is 0 Å². The maximum absolute atomic E-state index is 13.1. The number of ether oxygens (including phenoxy) is 1. The molecule has 0 bridgehead atoms. The molecule has 30 heavy (non-hydrogen) atoms. The highest BCUT2D eigenvalue weighted by Gasteiger charge is 2.32. The Labute approximate surface area is 176 Å². The Morgan fingerprint density at radius 1 is 1.23 bits per heavy atom. The Hall–Kier alpha value is -2.58. The number of nitrogens with zero attached hydrogens (tertiary/aromatic N) is 1. The minimum atomic E-state index is -3.68. The smallest absolute Gasteiger partial charge is 0.256 e. The van der Waals surface area contributed by atoms with Crippen LogP contribution in [0.5, 0.6) is 0 Å². The summed E-state index contributed by atoms with van der Waals surface area (Å²) < 4.78 is 34.9. The van der Waals surface area contributed by atoms with Crippen LogP contribution >= 0.6 is 0 Å². The molecule has 1 aliphatic carbocycles. The largest absolute Gasteiger partial charge is 0.469 e. The van der Waals surface area contributed by atoms with E-state index in [1.54, 1.807) is 6.07 Å². The first kappa shape index (κ1) is 19.4. The van der Waals surface area contributed by atoms with Crippen LogP contribution in [0, 0.1) is 6.92 Å². The number of aromatic amines is 2. The minimum Gasteiger partial charge on any atom is -0.469 e. The van der Waals surface area contributed by atoms with E-state index in [2.05, 4.69) is 31.8 Å². The third-order valence-corrected chi connectivity index (χ3v) is 7.35. The van der Waals surface area contributed by atoms with Crippen molar-refractivity contribution in [3.05, 3.63) is 52.8 Å². The average molecular weight is 427 g/mol. The van der Waals surface area contributed by atoms with Crippen molar-refractivity contribution in [2.45, 2.75) is 56.7 Å². The molecule has 8 heteroatoms. The molecular weight excluding hydrogens is 400 g/mol. The van der Waals surface area contributed by atoms with E-state index in [-0.39, 0.29) is 16.7 Å². The summed E-state index contributed by atoms with van der Waals surface area (Å²) in [6, 6.07) is 9.69. The molecule has 2 aromatic heterocycles. The number of sulfonamides is 1. The second kappa shape index (κ2) is 6.72. The van der Waals surface area contributed by atoms with Gasteiger partial charge in [-0.2, -0.15) is 0 Å². The zero-order valence-corrected chi connectivity index (χ0v) is 18.2. The van der Waals surface area contributed by atoms with Gasteiger partial charge in [0.05, 0.1) is 12.1 Å². The van der Waals surface area contributed by atoms with Crippen LogP contribution in [-0.2, 0) is 27.6 Å². The summed E-state index contributed by atoms with van der Waals surface area (Å²) in [7, 11) is -3.68. The molecule has 1 aliphatic heterocycles. The molecule has 3 aromatic rings. The van der Waals surface area contributed by atoms with Gasteiger partial charge in [-0.25, -0.2) is 18.1 Å². The fourth-order valence-corrected chi connectivity index (χ4v) is 5.72. The number of hydrogen-bond acceptors (Lipinski definition) is 4. The molecule has 5 rings (SSSR count). The summed E-state index contributed by atoms with van der Waals surface area (Å²) in [5, 5.41) is 1.38. The number of H-pyrrole nitrogens is 2. The van der Waals surface area contributed by atoms with Gasteiger partial charge < -0.3 is 14.7 Å². The van der Waals surface area contributed by atoms with E-state index in [1.165, 1.54) is 10.9 Å². The SMILES string of the molecule is Cc1[nH]c(S(=O)(=O)N[C@@H]2CCc3c([nH]c4ccccc34)C2)cc1C1=NCC(C)(C)O1. The summed E-state index contributed by atoms with van der Waals surface area (Å²) in [6.07, 6.45) is 2.27. The van der Waals surface area contributed by atoms with Gasteiger partial charge in [0.15, 0.2) is 0 Å². The number of hydrogen-bond donors (Lipinski definition) is 3. The number of aryl methyl sites for hydroxylation is 2. The van der Waals surface area contributed by atoms with Crippen molar-refractivity contribution in [2.75, 3.05) is 6.54 Å². The van der Waals surface area contributed by atoms with Crippen LogP contribution < -0.4 is 4.72 Å². The van der Waals surface area contributed by atoms with Crippen molar-refractivity contribution in [2.24, 2.45) is 4.99 Å². The highest BCUT2D eigenvalue weighted by atomic mass is 32.2. The topological polar surface area (TPSA) is 99.3 Å². The Morgan fingerprint density at radius 3 is 2.80 bits per heavy atom. The monoisotopic (exact) mass is 426 g/mol. The fourth-order valence-electron chi connectivity index (χ4n) is 4.39. The molecule has 3 heterocycles. The summed E-state index contributed by atoms with van der Waals surface area (Å²) in [6.45, 7) is 6.32. The lowest BCUT2D eigenvalue weighted by Gasteiger charge is -2.23. The van der Waals surface area contributed by atoms with E-state index in [4.69, 9.17) is 4.74 Å². The molecule has 1 atom stereocenters. The van der Waals surface area contributed by atoms with Crippen molar-refractivity contribution < 1.29 is 13.2 Å². The molecule has 3 N–H and O–H groups in total. The number of fused-ring (bicyclic) bond motifs is 3. The third-order valence-electron chi connectivity index (χ3n) is 5.90. The Morgan fingerprint density at radius 2 is 2.03 bits per heavy atom. The molecule has 0 fully saturated rings. The first-order valence-electron chi connectivity index (χ1n) is 10.3. The molecule has 0 amide bonds. The van der Waals surface area contributed by atoms with Crippen LogP contribution in [0.15, 0.2) is 40.4 Å². The molecule has 158 valence electrons. The van der Waals surface area contributed by atoms with Gasteiger partial charge in [0.2, 0.25) is 5.90 Å². The van der Waals surface area contributed by atoms with Gasteiger partial charge in [-0.15, -0.1) is 0 Å². The predicted octanol–water partition coefficient (Wildman–Crippen LogP) is 3.20. The molecule has 2 aliphatic rings. The van der Waals surface area contributed by atoms with Crippen molar-refractivity contribution in [3.8, 4) is 0 Å². The van der Waals surface area contributed by atoms with Gasteiger partial charge in [-0.1, -0.05) is 18.2 Å². The zero-order valence-electron chi connectivity index (χ0n) is 17.4. The Bertz CT molecular complexity index is 1270. The number of para-hydroxylation sites is 1. The second-order valence-electron chi connectivity index (χ2n) is 8.84. The summed E-state index contributed by atoms with van der Waals surface area (Å²) in [5.74, 6) is 0.496. The second-order valence-corrected chi connectivity index (χ2v) is 10.5. The lowest BCUT2D eigenvalue weighted by Crippen LogP contribution is -2.38. The number of aromatic nitrogens is 2. The molecule has 7 nitrogen and oxygen atoms in total. The number of nitrogens with one attached hydrogen (secondary N) is 3. The molecule has 0 saturated heterocycles. The van der Waals surface area contributed by atoms with Crippen molar-refractivity contribution in [3.63, 3.8) is 0 Å². The van der Waals surface area contributed by atoms with Crippen LogP contribution in [0.3, 0.4) is 0 Å². The van der Waals surface area contributed by atoms with E-state index < -0.39 is 10.0 Å². The van der Waals surface area contributed by atoms with Crippen molar-refractivity contribution in [1.82, 2.24) is 14.7 Å². The molecule has 0 radical (unpaired) electrons. The molecular formula is C22H26N4O3S. The normalized spacial score (nSPS) is 20.8. The van der Waals surface area contributed by atoms with Gasteiger partial charge >= 0.3 is 0 Å². The van der Waals surface area contributed by atoms with Gasteiger partial charge in [-0.3, -0.25) is 0 Å². The molecule has 0 spiro atoms. The maximum atomic E-state index is 13.1. The Balaban J connectivity index is 1.36. The molecule has 0 saturated carbocycles. The van der Waals surface area contributed by atoms with E-state index in [1.807, 2.05) is 32.9 Å². The first-order chi connectivity index (χ1) is 14.2. The quantitative estimate of drug-likeness (QED) is 0.597. The minimum absolute atomic E-state index is 0.147. The fraction of sp³-hybridized carbons (Fsp3) is 0.409. The van der Waals surface area contributed by atoms with Gasteiger partial charge in [0.25, 0.3) is 10.0 Å². The summed E-state index contributed by atoms with van der Waals surface area (Å²) in [4.78, 5) is 10.9. The van der Waals surface area contributed by atoms with E-state index in [0.29, 0.717) is 24.4 Å². The average Bonchev–Trinajstić information content (AvgIpc) is 3.35. The lowest BCUT2D eigenvalue weighted by molar-refractivity contribution is 0.131. The van der Waals surface area contributed by atoms with E-state index in [0.717, 1.165) is 29.7 Å². The Kier molecular flexibility index (Phi) is 4.34. The van der Waals surface area contributed by atoms with Gasteiger partial charge in [0.1, 0.15) is 10.6 Å². The maximum Gasteiger partial charge on any atom is 0.256 e. The zero-order chi connectivity index (χ0) is 21.1. The number of rotatable bonds is 4. The van der Waals surface area contributed by atoms with E-state index >= 15 is 0 Å². The van der Waals surface area contributed by atoms with Gasteiger partial charge in [-0.05, 0) is 51.3 Å². The highest BCUT2D eigenvalue weighted by molar-refractivity contribution is 7.89.